The molecule has 0 radical (unpaired) electrons. The van der Waals surface area contributed by atoms with E-state index < -0.39 is 33.5 Å². The standard InChI is InChI=1S/C32H31ClFN3O5S/c1-32(2,3)42-31(38)36-30(37-43(39,40)26-8-6-5-7-9-26)35-20-23-18-27(22-12-16-25(41-4)17-13-22)28(19-29(23)34)21-10-14-24(33)15-11-21/h5-19H,20H2,1-4H3,(H2,35,36,37,38). The van der Waals surface area contributed by atoms with E-state index in [0.717, 1.165) is 11.1 Å². The number of nitrogens with one attached hydrogen (secondary N) is 2. The zero-order valence-corrected chi connectivity index (χ0v) is 25.6. The molecule has 4 rings (SSSR count). The molecule has 0 unspecified atom stereocenters. The Balaban J connectivity index is 1.75. The number of amides is 1. The van der Waals surface area contributed by atoms with Crippen LogP contribution in [0.1, 0.15) is 26.3 Å². The van der Waals surface area contributed by atoms with Gasteiger partial charge in [-0.2, -0.15) is 0 Å². The highest BCUT2D eigenvalue weighted by Crippen LogP contribution is 2.36. The van der Waals surface area contributed by atoms with Gasteiger partial charge in [0.1, 0.15) is 17.2 Å². The highest BCUT2D eigenvalue weighted by atomic mass is 35.5. The molecular weight excluding hydrogens is 593 g/mol. The minimum absolute atomic E-state index is 0.0472. The number of alkyl carbamates (subject to hydrolysis) is 1. The molecule has 11 heteroatoms. The summed E-state index contributed by atoms with van der Waals surface area (Å²) < 4.78 is 54.5. The van der Waals surface area contributed by atoms with Gasteiger partial charge in [-0.05, 0) is 91.6 Å². The molecule has 4 aromatic carbocycles. The quantitative estimate of drug-likeness (QED) is 0.168. The molecule has 1 amide bonds. The lowest BCUT2D eigenvalue weighted by atomic mass is 9.92. The van der Waals surface area contributed by atoms with E-state index in [2.05, 4.69) is 15.0 Å². The van der Waals surface area contributed by atoms with Gasteiger partial charge in [-0.25, -0.2) is 27.3 Å². The Labute approximate surface area is 255 Å². The third-order valence-electron chi connectivity index (χ3n) is 6.05. The smallest absolute Gasteiger partial charge is 0.414 e. The molecule has 224 valence electrons. The molecule has 0 spiro atoms. The van der Waals surface area contributed by atoms with Crippen molar-refractivity contribution in [1.82, 2.24) is 10.0 Å². The van der Waals surface area contributed by atoms with Crippen molar-refractivity contribution in [3.8, 4) is 28.0 Å². The van der Waals surface area contributed by atoms with Gasteiger partial charge in [-0.15, -0.1) is 0 Å². The molecule has 0 fully saturated rings. The summed E-state index contributed by atoms with van der Waals surface area (Å²) in [5.41, 5.74) is 2.14. The Morgan fingerprint density at radius 3 is 2.07 bits per heavy atom. The molecule has 0 atom stereocenters. The Bertz CT molecular complexity index is 1720. The van der Waals surface area contributed by atoms with Crippen molar-refractivity contribution >= 4 is 33.7 Å². The van der Waals surface area contributed by atoms with E-state index in [-0.39, 0.29) is 17.0 Å². The Morgan fingerprint density at radius 2 is 1.49 bits per heavy atom. The number of hydrogen-bond acceptors (Lipinski definition) is 6. The third-order valence-corrected chi connectivity index (χ3v) is 7.66. The lowest BCUT2D eigenvalue weighted by molar-refractivity contribution is 0.0562. The van der Waals surface area contributed by atoms with Crippen LogP contribution in [-0.2, 0) is 21.3 Å². The van der Waals surface area contributed by atoms with Gasteiger partial charge in [-0.3, -0.25) is 5.32 Å². The zero-order chi connectivity index (χ0) is 31.2. The fourth-order valence-corrected chi connectivity index (χ4v) is 5.19. The van der Waals surface area contributed by atoms with E-state index in [4.69, 9.17) is 21.1 Å². The van der Waals surface area contributed by atoms with Crippen molar-refractivity contribution in [3.63, 3.8) is 0 Å². The highest BCUT2D eigenvalue weighted by Gasteiger charge is 2.22. The van der Waals surface area contributed by atoms with Crippen molar-refractivity contribution < 1.29 is 27.1 Å². The maximum absolute atomic E-state index is 15.6. The molecule has 0 saturated carbocycles. The average Bonchev–Trinajstić information content (AvgIpc) is 2.96. The summed E-state index contributed by atoms with van der Waals surface area (Å²) in [5.74, 6) is -0.342. The summed E-state index contributed by atoms with van der Waals surface area (Å²) in [6.45, 7) is 4.68. The van der Waals surface area contributed by atoms with Crippen molar-refractivity contribution in [2.24, 2.45) is 4.99 Å². The van der Waals surface area contributed by atoms with Gasteiger partial charge < -0.3 is 9.47 Å². The van der Waals surface area contributed by atoms with Crippen LogP contribution in [0.2, 0.25) is 5.02 Å². The predicted octanol–water partition coefficient (Wildman–Crippen LogP) is 7.18. The van der Waals surface area contributed by atoms with Crippen LogP contribution in [0, 0.1) is 5.82 Å². The summed E-state index contributed by atoms with van der Waals surface area (Å²) in [4.78, 5) is 16.7. The van der Waals surface area contributed by atoms with E-state index in [9.17, 15) is 13.2 Å². The largest absolute Gasteiger partial charge is 0.497 e. The minimum Gasteiger partial charge on any atom is -0.497 e. The summed E-state index contributed by atoms with van der Waals surface area (Å²) >= 11 is 6.08. The first kappa shape index (κ1) is 31.5. The van der Waals surface area contributed by atoms with Crippen LogP contribution >= 0.6 is 11.6 Å². The summed E-state index contributed by atoms with van der Waals surface area (Å²) in [6.07, 6.45) is -0.931. The van der Waals surface area contributed by atoms with E-state index in [1.54, 1.807) is 88.5 Å². The lowest BCUT2D eigenvalue weighted by Crippen LogP contribution is -2.45. The van der Waals surface area contributed by atoms with Crippen LogP contribution in [0.4, 0.5) is 9.18 Å². The molecule has 0 bridgehead atoms. The number of methoxy groups -OCH3 is 1. The van der Waals surface area contributed by atoms with Gasteiger partial charge in [0.05, 0.1) is 18.6 Å². The average molecular weight is 624 g/mol. The van der Waals surface area contributed by atoms with Crippen LogP contribution in [0.5, 0.6) is 5.75 Å². The van der Waals surface area contributed by atoms with Crippen LogP contribution in [0.3, 0.4) is 0 Å². The predicted molar refractivity (Wildman–Crippen MR) is 166 cm³/mol. The molecule has 0 aliphatic rings. The van der Waals surface area contributed by atoms with Crippen molar-refractivity contribution in [1.29, 1.82) is 0 Å². The molecule has 0 aliphatic heterocycles. The highest BCUT2D eigenvalue weighted by molar-refractivity contribution is 7.90. The summed E-state index contributed by atoms with van der Waals surface area (Å²) in [7, 11) is -2.57. The number of ether oxygens (including phenoxy) is 2. The molecule has 0 aromatic heterocycles. The maximum atomic E-state index is 15.6. The van der Waals surface area contributed by atoms with Gasteiger partial charge in [0, 0.05) is 10.6 Å². The molecule has 0 heterocycles. The molecule has 8 nitrogen and oxygen atoms in total. The number of benzene rings is 4. The number of sulfonamides is 1. The molecule has 0 saturated heterocycles. The topological polar surface area (TPSA) is 106 Å². The maximum Gasteiger partial charge on any atom is 0.414 e. The number of aliphatic imine (C=N–C) groups is 1. The second kappa shape index (κ2) is 13.3. The number of rotatable bonds is 7. The fraction of sp³-hybridized carbons (Fsp3) is 0.188. The Morgan fingerprint density at radius 1 is 0.907 bits per heavy atom. The van der Waals surface area contributed by atoms with Gasteiger partial charge >= 0.3 is 6.09 Å². The monoisotopic (exact) mass is 623 g/mol. The fourth-order valence-electron chi connectivity index (χ4n) is 4.06. The van der Waals surface area contributed by atoms with E-state index in [1.165, 1.54) is 18.2 Å². The Hall–Kier alpha value is -4.41. The van der Waals surface area contributed by atoms with Crippen LogP contribution in [0.25, 0.3) is 22.3 Å². The number of guanidine groups is 1. The van der Waals surface area contributed by atoms with Gasteiger partial charge in [-0.1, -0.05) is 54.1 Å². The first-order chi connectivity index (χ1) is 20.3. The second-order valence-corrected chi connectivity index (χ2v) is 12.6. The van der Waals surface area contributed by atoms with E-state index in [1.807, 2.05) is 12.1 Å². The van der Waals surface area contributed by atoms with E-state index in [0.29, 0.717) is 21.9 Å². The summed E-state index contributed by atoms with van der Waals surface area (Å²) in [5, 5.41) is 2.89. The normalized spacial score (nSPS) is 12.0. The number of hydrogen-bond donors (Lipinski definition) is 2. The molecular formula is C32H31ClFN3O5S. The Kier molecular flexibility index (Phi) is 9.73. The van der Waals surface area contributed by atoms with Crippen molar-refractivity contribution in [2.75, 3.05) is 7.11 Å². The van der Waals surface area contributed by atoms with Crippen LogP contribution < -0.4 is 14.8 Å². The van der Waals surface area contributed by atoms with E-state index >= 15 is 4.39 Å². The first-order valence-electron chi connectivity index (χ1n) is 13.2. The number of halogens is 2. The van der Waals surface area contributed by atoms with Crippen LogP contribution in [0.15, 0.2) is 101 Å². The minimum atomic E-state index is -4.13. The second-order valence-electron chi connectivity index (χ2n) is 10.4. The lowest BCUT2D eigenvalue weighted by Gasteiger charge is -2.20. The third kappa shape index (κ3) is 8.56. The first-order valence-corrected chi connectivity index (χ1v) is 15.1. The van der Waals surface area contributed by atoms with Gasteiger partial charge in [0.2, 0.25) is 5.96 Å². The molecule has 43 heavy (non-hydrogen) atoms. The summed E-state index contributed by atoms with van der Waals surface area (Å²) in [6, 6.07) is 24.9. The SMILES string of the molecule is COc1ccc(-c2cc(CN=C(NC(=O)OC(C)(C)C)NS(=O)(=O)c3ccccc3)c(F)cc2-c2ccc(Cl)cc2)cc1. The molecule has 0 aliphatic carbocycles. The van der Waals surface area contributed by atoms with Crippen molar-refractivity contribution in [2.45, 2.75) is 37.8 Å². The molecule has 2 N–H and O–H groups in total. The van der Waals surface area contributed by atoms with Gasteiger partial charge in [0.25, 0.3) is 10.0 Å². The number of carbonyl (C=O) groups excluding carboxylic acids is 1. The van der Waals surface area contributed by atoms with Crippen LogP contribution in [-0.4, -0.2) is 33.2 Å². The zero-order valence-electron chi connectivity index (χ0n) is 24.0. The number of carbonyl (C=O) groups is 1. The van der Waals surface area contributed by atoms with Gasteiger partial charge in [0.15, 0.2) is 0 Å². The molecule has 4 aromatic rings. The number of nitrogens with zero attached hydrogens (tertiary/aromatic N) is 1. The van der Waals surface area contributed by atoms with Crippen molar-refractivity contribution in [3.05, 3.63) is 107 Å².